The molecule has 2 fully saturated rings. The van der Waals surface area contributed by atoms with Crippen molar-refractivity contribution in [3.8, 4) is 5.75 Å². The smallest absolute Gasteiger partial charge is 0.252 e. The molecule has 8 heteroatoms. The van der Waals surface area contributed by atoms with Crippen LogP contribution in [0.1, 0.15) is 16.7 Å². The van der Waals surface area contributed by atoms with Crippen LogP contribution in [-0.2, 0) is 27.6 Å². The number of aryl methyl sites for hydroxylation is 1. The molecule has 2 atom stereocenters. The topological polar surface area (TPSA) is 76.0 Å². The zero-order chi connectivity index (χ0) is 21.3. The number of carbonyl (C=O) groups excluding carboxylic acids is 1. The zero-order valence-electron chi connectivity index (χ0n) is 16.9. The maximum absolute atomic E-state index is 12.6. The van der Waals surface area contributed by atoms with E-state index in [9.17, 15) is 13.2 Å². The van der Waals surface area contributed by atoms with Gasteiger partial charge in [-0.3, -0.25) is 4.79 Å². The second kappa shape index (κ2) is 8.43. The number of methoxy groups -OCH3 is 1. The first-order valence-corrected chi connectivity index (χ1v) is 12.5. The lowest BCUT2D eigenvalue weighted by Crippen LogP contribution is -2.37. The molecule has 2 saturated heterocycles. The van der Waals surface area contributed by atoms with Crippen molar-refractivity contribution in [2.45, 2.75) is 31.2 Å². The molecule has 4 rings (SSSR count). The van der Waals surface area contributed by atoms with Gasteiger partial charge in [-0.2, -0.15) is 4.99 Å². The molecule has 0 unspecified atom stereocenters. The number of hydrogen-bond acceptors (Lipinski definition) is 5. The summed E-state index contributed by atoms with van der Waals surface area (Å²) in [6, 6.07) is 15.3. The minimum Gasteiger partial charge on any atom is -0.497 e. The number of nitrogens with zero attached hydrogens (tertiary/aromatic N) is 2. The van der Waals surface area contributed by atoms with Gasteiger partial charge in [-0.1, -0.05) is 53.7 Å². The maximum Gasteiger partial charge on any atom is 0.252 e. The Hall–Kier alpha value is -2.32. The van der Waals surface area contributed by atoms with Crippen molar-refractivity contribution in [2.24, 2.45) is 4.99 Å². The predicted octanol–water partition coefficient (Wildman–Crippen LogP) is 2.84. The molecule has 2 aliphatic heterocycles. The van der Waals surface area contributed by atoms with E-state index in [1.165, 1.54) is 17.3 Å². The number of aliphatic imine (C=N–C) groups is 1. The Morgan fingerprint density at radius 1 is 1.10 bits per heavy atom. The molecule has 0 aliphatic carbocycles. The van der Waals surface area contributed by atoms with Crippen LogP contribution in [0.15, 0.2) is 53.5 Å². The van der Waals surface area contributed by atoms with E-state index >= 15 is 0 Å². The molecule has 2 aromatic carbocycles. The summed E-state index contributed by atoms with van der Waals surface area (Å²) < 4.78 is 29.5. The largest absolute Gasteiger partial charge is 0.497 e. The Labute approximate surface area is 181 Å². The highest BCUT2D eigenvalue weighted by molar-refractivity contribution is 8.15. The molecule has 0 bridgehead atoms. The van der Waals surface area contributed by atoms with Crippen molar-refractivity contribution in [2.75, 3.05) is 18.6 Å². The van der Waals surface area contributed by atoms with Crippen LogP contribution in [0.25, 0.3) is 0 Å². The maximum atomic E-state index is 12.6. The van der Waals surface area contributed by atoms with Gasteiger partial charge in [0.05, 0.1) is 31.1 Å². The highest BCUT2D eigenvalue weighted by atomic mass is 32.2. The zero-order valence-corrected chi connectivity index (χ0v) is 18.6. The Morgan fingerprint density at radius 2 is 1.77 bits per heavy atom. The lowest BCUT2D eigenvalue weighted by molar-refractivity contribution is -0.117. The van der Waals surface area contributed by atoms with Crippen molar-refractivity contribution in [3.05, 3.63) is 65.2 Å². The van der Waals surface area contributed by atoms with Gasteiger partial charge in [0.25, 0.3) is 5.91 Å². The Balaban J connectivity index is 1.54. The fourth-order valence-electron chi connectivity index (χ4n) is 3.77. The van der Waals surface area contributed by atoms with Crippen LogP contribution in [0.4, 0.5) is 0 Å². The molecule has 1 amide bonds. The molecule has 30 heavy (non-hydrogen) atoms. The molecule has 0 saturated carbocycles. The van der Waals surface area contributed by atoms with E-state index in [1.54, 1.807) is 7.11 Å². The van der Waals surface area contributed by atoms with Crippen LogP contribution in [0.2, 0.25) is 0 Å². The van der Waals surface area contributed by atoms with Crippen LogP contribution in [0.3, 0.4) is 0 Å². The van der Waals surface area contributed by atoms with Crippen molar-refractivity contribution in [1.29, 1.82) is 0 Å². The average molecular weight is 445 g/mol. The van der Waals surface area contributed by atoms with E-state index in [4.69, 9.17) is 4.74 Å². The van der Waals surface area contributed by atoms with Gasteiger partial charge in [0.2, 0.25) is 0 Å². The van der Waals surface area contributed by atoms with Crippen LogP contribution >= 0.6 is 11.8 Å². The number of amidine groups is 1. The quantitative estimate of drug-likeness (QED) is 0.706. The number of sulfone groups is 1. The van der Waals surface area contributed by atoms with E-state index in [1.807, 2.05) is 60.4 Å². The number of hydrogen-bond donors (Lipinski definition) is 0. The third kappa shape index (κ3) is 4.70. The number of carbonyl (C=O) groups is 1. The van der Waals surface area contributed by atoms with Crippen molar-refractivity contribution in [1.82, 2.24) is 4.90 Å². The van der Waals surface area contributed by atoms with Crippen LogP contribution in [0, 0.1) is 6.92 Å². The summed E-state index contributed by atoms with van der Waals surface area (Å²) in [6.07, 6.45) is 0.195. The van der Waals surface area contributed by atoms with Gasteiger partial charge in [0.1, 0.15) is 5.75 Å². The molecular weight excluding hydrogens is 420 g/mol. The fourth-order valence-corrected chi connectivity index (χ4v) is 7.74. The number of amides is 1. The summed E-state index contributed by atoms with van der Waals surface area (Å²) in [5, 5.41) is 0.548. The van der Waals surface area contributed by atoms with Crippen LogP contribution in [0.5, 0.6) is 5.75 Å². The second-order valence-electron chi connectivity index (χ2n) is 7.73. The molecule has 2 aliphatic rings. The summed E-state index contributed by atoms with van der Waals surface area (Å²) in [5.74, 6) is 0.752. The van der Waals surface area contributed by atoms with Gasteiger partial charge in [-0.15, -0.1) is 0 Å². The summed E-state index contributed by atoms with van der Waals surface area (Å²) >= 11 is 1.41. The molecule has 2 heterocycles. The number of rotatable bonds is 5. The summed E-state index contributed by atoms with van der Waals surface area (Å²) in [5.41, 5.74) is 3.10. The molecule has 0 spiro atoms. The lowest BCUT2D eigenvalue weighted by atomic mass is 10.1. The van der Waals surface area contributed by atoms with Crippen LogP contribution in [-0.4, -0.2) is 54.3 Å². The van der Waals surface area contributed by atoms with E-state index < -0.39 is 9.84 Å². The first kappa shape index (κ1) is 20.9. The van der Waals surface area contributed by atoms with Gasteiger partial charge >= 0.3 is 0 Å². The number of benzene rings is 2. The third-order valence-corrected chi connectivity index (χ3v) is 8.63. The van der Waals surface area contributed by atoms with Crippen molar-refractivity contribution >= 4 is 32.7 Å². The SMILES string of the molecule is COc1ccc(CC(=O)N=C2S[C@H]3CS(=O)(=O)C[C@H]3N2Cc2ccc(C)cc2)cc1. The number of thioether (sulfide) groups is 1. The second-order valence-corrected chi connectivity index (χ2v) is 11.1. The first-order valence-electron chi connectivity index (χ1n) is 9.77. The van der Waals surface area contributed by atoms with E-state index in [2.05, 4.69) is 4.99 Å². The van der Waals surface area contributed by atoms with E-state index in [-0.39, 0.29) is 35.1 Å². The van der Waals surface area contributed by atoms with Gasteiger partial charge in [-0.25, -0.2) is 8.42 Å². The minimum absolute atomic E-state index is 0.0759. The van der Waals surface area contributed by atoms with E-state index in [0.29, 0.717) is 11.7 Å². The molecular formula is C22H24N2O4S2. The standard InChI is InChI=1S/C22H24N2O4S2/c1-15-3-5-17(6-4-15)12-24-19-13-30(26,27)14-20(19)29-22(24)23-21(25)11-16-7-9-18(28-2)10-8-16/h3-10,19-20H,11-14H2,1-2H3/t19-,20+/m1/s1. The predicted molar refractivity (Wildman–Crippen MR) is 120 cm³/mol. The van der Waals surface area contributed by atoms with Gasteiger partial charge in [0, 0.05) is 11.8 Å². The molecule has 158 valence electrons. The third-order valence-electron chi connectivity index (χ3n) is 5.38. The molecule has 0 N–H and O–H groups in total. The lowest BCUT2D eigenvalue weighted by Gasteiger charge is -2.24. The van der Waals surface area contributed by atoms with Gasteiger partial charge < -0.3 is 9.64 Å². The van der Waals surface area contributed by atoms with Gasteiger partial charge in [0.15, 0.2) is 15.0 Å². The number of fused-ring (bicyclic) bond motifs is 1. The average Bonchev–Trinajstić information content (AvgIpc) is 3.16. The normalized spacial score (nSPS) is 23.5. The fraction of sp³-hybridized carbons (Fsp3) is 0.364. The van der Waals surface area contributed by atoms with Gasteiger partial charge in [-0.05, 0) is 30.2 Å². The van der Waals surface area contributed by atoms with Crippen molar-refractivity contribution < 1.29 is 17.9 Å². The number of ether oxygens (including phenoxy) is 1. The highest BCUT2D eigenvalue weighted by Gasteiger charge is 2.48. The van der Waals surface area contributed by atoms with Crippen molar-refractivity contribution in [3.63, 3.8) is 0 Å². The first-order chi connectivity index (χ1) is 14.3. The summed E-state index contributed by atoms with van der Waals surface area (Å²) in [4.78, 5) is 19.0. The minimum atomic E-state index is -3.06. The molecule has 0 radical (unpaired) electrons. The summed E-state index contributed by atoms with van der Waals surface area (Å²) in [7, 11) is -1.46. The summed E-state index contributed by atoms with van der Waals surface area (Å²) in [6.45, 7) is 2.57. The Kier molecular flexibility index (Phi) is 5.88. The van der Waals surface area contributed by atoms with Crippen LogP contribution < -0.4 is 4.74 Å². The molecule has 0 aromatic heterocycles. The Bertz CT molecular complexity index is 1060. The Morgan fingerprint density at radius 3 is 2.43 bits per heavy atom. The highest BCUT2D eigenvalue weighted by Crippen LogP contribution is 2.39. The van der Waals surface area contributed by atoms with E-state index in [0.717, 1.165) is 16.9 Å². The molecule has 6 nitrogen and oxygen atoms in total. The molecule has 2 aromatic rings. The monoisotopic (exact) mass is 444 g/mol.